The number of halogens is 2. The van der Waals surface area contributed by atoms with Crippen LogP contribution in [-0.4, -0.2) is 52.8 Å². The number of urea groups is 1. The van der Waals surface area contributed by atoms with Crippen LogP contribution in [0.2, 0.25) is 0 Å². The fraction of sp³-hybridized carbons (Fsp3) is 0.423. The van der Waals surface area contributed by atoms with Gasteiger partial charge in [-0.2, -0.15) is 0 Å². The topological polar surface area (TPSA) is 69.7 Å². The molecule has 0 aromatic heterocycles. The van der Waals surface area contributed by atoms with Gasteiger partial charge in [-0.3, -0.25) is 14.5 Å². The van der Waals surface area contributed by atoms with Crippen LogP contribution in [0.25, 0.3) is 0 Å². The van der Waals surface area contributed by atoms with Crippen molar-refractivity contribution >= 4 is 17.8 Å². The number of rotatable bonds is 6. The number of nitrogens with one attached hydrogen (secondary N) is 1. The van der Waals surface area contributed by atoms with E-state index in [0.29, 0.717) is 44.0 Å². The summed E-state index contributed by atoms with van der Waals surface area (Å²) >= 11 is 0. The maximum absolute atomic E-state index is 13.7. The minimum absolute atomic E-state index is 0.185. The Hall–Kier alpha value is -3.29. The van der Waals surface area contributed by atoms with E-state index in [-0.39, 0.29) is 36.0 Å². The number of carbonyl (C=O) groups is 3. The molecular formula is C26H27F2N3O3. The molecule has 2 aromatic carbocycles. The SMILES string of the molecule is O=C(c1cccc(F)c1)N1CCC([C@@]2(Cc3ccc(F)cc3)NC(=O)N(CC3CC3)C2=O)CC1. The molecule has 5 rings (SSSR count). The summed E-state index contributed by atoms with van der Waals surface area (Å²) in [5.41, 5.74) is -0.0699. The smallest absolute Gasteiger partial charge is 0.325 e. The molecule has 0 spiro atoms. The van der Waals surface area contributed by atoms with E-state index >= 15 is 0 Å². The number of hydrogen-bond acceptors (Lipinski definition) is 3. The molecule has 8 heteroatoms. The van der Waals surface area contributed by atoms with Crippen LogP contribution in [0.4, 0.5) is 13.6 Å². The van der Waals surface area contributed by atoms with Gasteiger partial charge in [0.15, 0.2) is 0 Å². The highest BCUT2D eigenvalue weighted by atomic mass is 19.1. The standard InChI is InChI=1S/C26H27F2N3O3/c27-21-8-6-17(7-9-21)15-26(24(33)31(25(34)29-26)16-18-4-5-18)20-10-12-30(13-11-20)23(32)19-2-1-3-22(28)14-19/h1-3,6-9,14,18,20H,4-5,10-13,15-16H2,(H,29,34)/t26-/m1/s1. The van der Waals surface area contributed by atoms with Gasteiger partial charge >= 0.3 is 6.03 Å². The number of piperidine rings is 1. The predicted molar refractivity (Wildman–Crippen MR) is 121 cm³/mol. The minimum atomic E-state index is -1.13. The van der Waals surface area contributed by atoms with Crippen LogP contribution < -0.4 is 5.32 Å². The zero-order valence-electron chi connectivity index (χ0n) is 18.8. The molecule has 0 radical (unpaired) electrons. The lowest BCUT2D eigenvalue weighted by molar-refractivity contribution is -0.134. The van der Waals surface area contributed by atoms with E-state index in [4.69, 9.17) is 0 Å². The molecule has 178 valence electrons. The number of imide groups is 1. The van der Waals surface area contributed by atoms with Gasteiger partial charge in [-0.1, -0.05) is 18.2 Å². The summed E-state index contributed by atoms with van der Waals surface area (Å²) in [4.78, 5) is 42.4. The Kier molecular flexibility index (Phi) is 5.83. The van der Waals surface area contributed by atoms with Gasteiger partial charge in [-0.15, -0.1) is 0 Å². The fourth-order valence-electron chi connectivity index (χ4n) is 5.21. The molecule has 2 aliphatic heterocycles. The van der Waals surface area contributed by atoms with Crippen LogP contribution in [0, 0.1) is 23.5 Å². The molecule has 0 unspecified atom stereocenters. The minimum Gasteiger partial charge on any atom is -0.339 e. The zero-order valence-corrected chi connectivity index (χ0v) is 18.8. The summed E-state index contributed by atoms with van der Waals surface area (Å²) in [7, 11) is 0. The van der Waals surface area contributed by atoms with Crippen molar-refractivity contribution in [2.24, 2.45) is 11.8 Å². The number of hydrogen-bond donors (Lipinski definition) is 1. The van der Waals surface area contributed by atoms with Gasteiger partial charge < -0.3 is 10.2 Å². The van der Waals surface area contributed by atoms with E-state index in [2.05, 4.69) is 5.32 Å². The summed E-state index contributed by atoms with van der Waals surface area (Å²) in [6.45, 7) is 1.22. The zero-order chi connectivity index (χ0) is 23.9. The third-order valence-electron chi connectivity index (χ3n) is 7.29. The van der Waals surface area contributed by atoms with Crippen LogP contribution in [0.3, 0.4) is 0 Å². The molecule has 2 aromatic rings. The Bertz CT molecular complexity index is 1110. The first kappa shape index (κ1) is 22.5. The lowest BCUT2D eigenvalue weighted by Gasteiger charge is -2.41. The van der Waals surface area contributed by atoms with Crippen LogP contribution in [0.1, 0.15) is 41.6 Å². The Balaban J connectivity index is 1.36. The van der Waals surface area contributed by atoms with Gasteiger partial charge in [-0.25, -0.2) is 13.6 Å². The van der Waals surface area contributed by atoms with Crippen LogP contribution in [-0.2, 0) is 11.2 Å². The number of amides is 4. The Morgan fingerprint density at radius 2 is 1.68 bits per heavy atom. The predicted octanol–water partition coefficient (Wildman–Crippen LogP) is 3.76. The summed E-state index contributed by atoms with van der Waals surface area (Å²) in [5.74, 6) is -1.13. The molecular weight excluding hydrogens is 440 g/mol. The summed E-state index contributed by atoms with van der Waals surface area (Å²) in [6, 6.07) is 11.2. The van der Waals surface area contributed by atoms with Gasteiger partial charge in [0.05, 0.1) is 0 Å². The van der Waals surface area contributed by atoms with E-state index < -0.39 is 11.4 Å². The molecule has 34 heavy (non-hydrogen) atoms. The molecule has 0 bridgehead atoms. The highest BCUT2D eigenvalue weighted by molar-refractivity contribution is 6.07. The van der Waals surface area contributed by atoms with Crippen molar-refractivity contribution < 1.29 is 23.2 Å². The van der Waals surface area contributed by atoms with E-state index in [1.54, 1.807) is 23.1 Å². The molecule has 1 aliphatic carbocycles. The van der Waals surface area contributed by atoms with Gasteiger partial charge in [0.25, 0.3) is 11.8 Å². The van der Waals surface area contributed by atoms with Crippen molar-refractivity contribution in [1.29, 1.82) is 0 Å². The average molecular weight is 468 g/mol. The molecule has 2 saturated heterocycles. The van der Waals surface area contributed by atoms with Gasteiger partial charge in [0, 0.05) is 31.6 Å². The first-order valence-electron chi connectivity index (χ1n) is 11.8. The monoisotopic (exact) mass is 467 g/mol. The maximum atomic E-state index is 13.7. The van der Waals surface area contributed by atoms with Gasteiger partial charge in [0.1, 0.15) is 17.2 Å². The van der Waals surface area contributed by atoms with Crippen molar-refractivity contribution in [2.45, 2.75) is 37.6 Å². The van der Waals surface area contributed by atoms with E-state index in [9.17, 15) is 23.2 Å². The molecule has 1 atom stereocenters. The van der Waals surface area contributed by atoms with Crippen molar-refractivity contribution in [3.05, 3.63) is 71.3 Å². The number of carbonyl (C=O) groups excluding carboxylic acids is 3. The molecule has 3 aliphatic rings. The summed E-state index contributed by atoms with van der Waals surface area (Å²) < 4.78 is 27.1. The number of nitrogens with zero attached hydrogens (tertiary/aromatic N) is 2. The third kappa shape index (κ3) is 4.29. The Labute approximate surface area is 196 Å². The Morgan fingerprint density at radius 1 is 0.971 bits per heavy atom. The summed E-state index contributed by atoms with van der Waals surface area (Å²) in [6.07, 6.45) is 3.34. The maximum Gasteiger partial charge on any atom is 0.325 e. The highest BCUT2D eigenvalue weighted by Crippen LogP contribution is 2.39. The Morgan fingerprint density at radius 3 is 2.32 bits per heavy atom. The first-order valence-corrected chi connectivity index (χ1v) is 11.8. The van der Waals surface area contributed by atoms with Crippen molar-refractivity contribution in [3.8, 4) is 0 Å². The van der Waals surface area contributed by atoms with Crippen LogP contribution in [0.15, 0.2) is 48.5 Å². The molecule has 4 amide bonds. The van der Waals surface area contributed by atoms with Crippen molar-refractivity contribution in [3.63, 3.8) is 0 Å². The average Bonchev–Trinajstić information content (AvgIpc) is 3.63. The number of likely N-dealkylation sites (tertiary alicyclic amines) is 1. The van der Waals surface area contributed by atoms with Crippen molar-refractivity contribution in [2.75, 3.05) is 19.6 Å². The van der Waals surface area contributed by atoms with E-state index in [1.807, 2.05) is 0 Å². The largest absolute Gasteiger partial charge is 0.339 e. The lowest BCUT2D eigenvalue weighted by atomic mass is 9.73. The normalized spacial score (nSPS) is 23.4. The van der Waals surface area contributed by atoms with E-state index in [1.165, 1.54) is 35.2 Å². The second kappa shape index (κ2) is 8.81. The molecule has 3 fully saturated rings. The van der Waals surface area contributed by atoms with E-state index in [0.717, 1.165) is 18.4 Å². The van der Waals surface area contributed by atoms with Gasteiger partial charge in [-0.05, 0) is 73.4 Å². The van der Waals surface area contributed by atoms with Crippen molar-refractivity contribution in [1.82, 2.24) is 15.1 Å². The first-order chi connectivity index (χ1) is 16.4. The highest BCUT2D eigenvalue weighted by Gasteiger charge is 2.56. The molecule has 2 heterocycles. The second-order valence-corrected chi connectivity index (χ2v) is 9.64. The fourth-order valence-corrected chi connectivity index (χ4v) is 5.21. The van der Waals surface area contributed by atoms with Gasteiger partial charge in [0.2, 0.25) is 0 Å². The quantitative estimate of drug-likeness (QED) is 0.658. The van der Waals surface area contributed by atoms with Crippen LogP contribution >= 0.6 is 0 Å². The summed E-state index contributed by atoms with van der Waals surface area (Å²) in [5, 5.41) is 3.01. The second-order valence-electron chi connectivity index (χ2n) is 9.64. The molecule has 6 nitrogen and oxygen atoms in total. The molecule has 1 N–H and O–H groups in total. The third-order valence-corrected chi connectivity index (χ3v) is 7.29. The number of benzene rings is 2. The van der Waals surface area contributed by atoms with Crippen LogP contribution in [0.5, 0.6) is 0 Å². The molecule has 1 saturated carbocycles. The lowest BCUT2D eigenvalue weighted by Crippen LogP contribution is -2.58.